The molecule has 0 amide bonds. The predicted octanol–water partition coefficient (Wildman–Crippen LogP) is 4.39. The molecule has 2 aromatic carbocycles. The van der Waals surface area contributed by atoms with E-state index in [1.807, 2.05) is 19.1 Å². The summed E-state index contributed by atoms with van der Waals surface area (Å²) in [5.41, 5.74) is 0.522. The van der Waals surface area contributed by atoms with E-state index in [4.69, 9.17) is 21.1 Å². The van der Waals surface area contributed by atoms with E-state index in [0.29, 0.717) is 28.7 Å². The van der Waals surface area contributed by atoms with Crippen molar-refractivity contribution in [2.45, 2.75) is 20.0 Å². The standard InChI is InChI=1S/C17H17ClO3/c1-3-20-16-10-5-4-9-15(16)17(19)12(2)21-14-8-6-7-13(18)11-14/h4-12H,3H2,1-2H3. The molecule has 0 spiro atoms. The van der Waals surface area contributed by atoms with Gasteiger partial charge in [-0.05, 0) is 44.2 Å². The van der Waals surface area contributed by atoms with Crippen molar-refractivity contribution in [2.24, 2.45) is 0 Å². The maximum absolute atomic E-state index is 12.5. The minimum absolute atomic E-state index is 0.126. The van der Waals surface area contributed by atoms with Gasteiger partial charge < -0.3 is 9.47 Å². The largest absolute Gasteiger partial charge is 0.493 e. The number of carbonyl (C=O) groups is 1. The fourth-order valence-corrected chi connectivity index (χ4v) is 2.15. The molecule has 0 saturated heterocycles. The van der Waals surface area contributed by atoms with Crippen LogP contribution in [-0.4, -0.2) is 18.5 Å². The lowest BCUT2D eigenvalue weighted by Crippen LogP contribution is -2.24. The Morgan fingerprint density at radius 1 is 1.19 bits per heavy atom. The molecule has 0 N–H and O–H groups in total. The zero-order valence-corrected chi connectivity index (χ0v) is 12.8. The van der Waals surface area contributed by atoms with Gasteiger partial charge in [-0.1, -0.05) is 29.8 Å². The van der Waals surface area contributed by atoms with Gasteiger partial charge in [-0.3, -0.25) is 4.79 Å². The molecule has 1 atom stereocenters. The van der Waals surface area contributed by atoms with Crippen LogP contribution in [0, 0.1) is 0 Å². The van der Waals surface area contributed by atoms with Crippen LogP contribution in [0.5, 0.6) is 11.5 Å². The molecule has 0 radical (unpaired) electrons. The first-order valence-corrected chi connectivity index (χ1v) is 7.18. The van der Waals surface area contributed by atoms with Crippen molar-refractivity contribution in [1.82, 2.24) is 0 Å². The van der Waals surface area contributed by atoms with Crippen molar-refractivity contribution in [3.8, 4) is 11.5 Å². The summed E-state index contributed by atoms with van der Waals surface area (Å²) in [5.74, 6) is 1.02. The van der Waals surface area contributed by atoms with Gasteiger partial charge in [0.25, 0.3) is 0 Å². The van der Waals surface area contributed by atoms with E-state index in [1.165, 1.54) is 0 Å². The first-order valence-electron chi connectivity index (χ1n) is 6.80. The lowest BCUT2D eigenvalue weighted by Gasteiger charge is -2.16. The SMILES string of the molecule is CCOc1ccccc1C(=O)C(C)Oc1cccc(Cl)c1. The molecule has 1 unspecified atom stereocenters. The van der Waals surface area contributed by atoms with Crippen molar-refractivity contribution in [3.05, 3.63) is 59.1 Å². The Morgan fingerprint density at radius 2 is 1.95 bits per heavy atom. The molecule has 4 heteroatoms. The second kappa shape index (κ2) is 7.14. The van der Waals surface area contributed by atoms with Gasteiger partial charge in [0.2, 0.25) is 5.78 Å². The second-order valence-electron chi connectivity index (χ2n) is 4.51. The molecule has 0 aliphatic rings. The Bertz CT molecular complexity index is 625. The lowest BCUT2D eigenvalue weighted by atomic mass is 10.1. The van der Waals surface area contributed by atoms with E-state index in [2.05, 4.69) is 0 Å². The molecule has 0 heterocycles. The predicted molar refractivity (Wildman–Crippen MR) is 83.5 cm³/mol. The van der Waals surface area contributed by atoms with E-state index < -0.39 is 6.10 Å². The highest BCUT2D eigenvalue weighted by molar-refractivity contribution is 6.30. The average molecular weight is 305 g/mol. The Balaban J connectivity index is 2.16. The van der Waals surface area contributed by atoms with Crippen LogP contribution in [0.15, 0.2) is 48.5 Å². The summed E-state index contributed by atoms with van der Waals surface area (Å²) in [6.07, 6.45) is -0.620. The number of halogens is 1. The lowest BCUT2D eigenvalue weighted by molar-refractivity contribution is 0.0814. The summed E-state index contributed by atoms with van der Waals surface area (Å²) in [4.78, 5) is 12.5. The van der Waals surface area contributed by atoms with Gasteiger partial charge in [0.15, 0.2) is 6.10 Å². The summed E-state index contributed by atoms with van der Waals surface area (Å²) in [6, 6.07) is 14.2. The Hall–Kier alpha value is -2.00. The molecule has 0 bridgehead atoms. The molecular weight excluding hydrogens is 288 g/mol. The fraction of sp³-hybridized carbons (Fsp3) is 0.235. The second-order valence-corrected chi connectivity index (χ2v) is 4.95. The van der Waals surface area contributed by atoms with Crippen molar-refractivity contribution in [3.63, 3.8) is 0 Å². The molecule has 0 saturated carbocycles. The maximum atomic E-state index is 12.5. The van der Waals surface area contributed by atoms with Crippen LogP contribution in [0.2, 0.25) is 5.02 Å². The van der Waals surface area contributed by atoms with Crippen LogP contribution in [0.25, 0.3) is 0 Å². The topological polar surface area (TPSA) is 35.5 Å². The van der Waals surface area contributed by atoms with Gasteiger partial charge in [0.1, 0.15) is 11.5 Å². The van der Waals surface area contributed by atoms with Crippen LogP contribution in [-0.2, 0) is 0 Å². The Labute approximate surface area is 129 Å². The molecule has 3 nitrogen and oxygen atoms in total. The minimum Gasteiger partial charge on any atom is -0.493 e. The van der Waals surface area contributed by atoms with Gasteiger partial charge in [-0.15, -0.1) is 0 Å². The number of hydrogen-bond donors (Lipinski definition) is 0. The third-order valence-corrected chi connectivity index (χ3v) is 3.17. The minimum atomic E-state index is -0.620. The van der Waals surface area contributed by atoms with Crippen LogP contribution in [0.1, 0.15) is 24.2 Å². The Kier molecular flexibility index (Phi) is 5.23. The number of para-hydroxylation sites is 1. The monoisotopic (exact) mass is 304 g/mol. The number of carbonyl (C=O) groups excluding carboxylic acids is 1. The smallest absolute Gasteiger partial charge is 0.206 e. The van der Waals surface area contributed by atoms with Gasteiger partial charge in [0.05, 0.1) is 12.2 Å². The van der Waals surface area contributed by atoms with Crippen LogP contribution in [0.3, 0.4) is 0 Å². The molecule has 0 aromatic heterocycles. The summed E-state index contributed by atoms with van der Waals surface area (Å²) < 4.78 is 11.1. The van der Waals surface area contributed by atoms with Crippen molar-refractivity contribution < 1.29 is 14.3 Å². The number of benzene rings is 2. The van der Waals surface area contributed by atoms with E-state index >= 15 is 0 Å². The summed E-state index contributed by atoms with van der Waals surface area (Å²) in [6.45, 7) is 4.10. The summed E-state index contributed by atoms with van der Waals surface area (Å²) >= 11 is 5.91. The fourth-order valence-electron chi connectivity index (χ4n) is 1.97. The van der Waals surface area contributed by atoms with Crippen molar-refractivity contribution in [1.29, 1.82) is 0 Å². The molecule has 110 valence electrons. The number of rotatable bonds is 6. The molecule has 0 aliphatic carbocycles. The zero-order chi connectivity index (χ0) is 15.2. The van der Waals surface area contributed by atoms with Gasteiger partial charge in [-0.2, -0.15) is 0 Å². The average Bonchev–Trinajstić information content (AvgIpc) is 2.47. The molecule has 21 heavy (non-hydrogen) atoms. The third-order valence-electron chi connectivity index (χ3n) is 2.93. The first-order chi connectivity index (χ1) is 10.1. The van der Waals surface area contributed by atoms with Crippen molar-refractivity contribution in [2.75, 3.05) is 6.61 Å². The van der Waals surface area contributed by atoms with Crippen LogP contribution in [0.4, 0.5) is 0 Å². The normalized spacial score (nSPS) is 11.8. The molecule has 2 rings (SSSR count). The maximum Gasteiger partial charge on any atom is 0.206 e. The van der Waals surface area contributed by atoms with E-state index in [1.54, 1.807) is 43.3 Å². The number of ketones is 1. The van der Waals surface area contributed by atoms with E-state index in [-0.39, 0.29) is 5.78 Å². The van der Waals surface area contributed by atoms with Gasteiger partial charge in [-0.25, -0.2) is 0 Å². The number of Topliss-reactive ketones (excluding diaryl/α,β-unsaturated/α-hetero) is 1. The highest BCUT2D eigenvalue weighted by Gasteiger charge is 2.20. The molecule has 0 fully saturated rings. The Morgan fingerprint density at radius 3 is 2.67 bits per heavy atom. The molecule has 2 aromatic rings. The van der Waals surface area contributed by atoms with Crippen LogP contribution < -0.4 is 9.47 Å². The van der Waals surface area contributed by atoms with Crippen LogP contribution >= 0.6 is 11.6 Å². The molecular formula is C17H17ClO3. The number of ether oxygens (including phenoxy) is 2. The van der Waals surface area contributed by atoms with Gasteiger partial charge >= 0.3 is 0 Å². The highest BCUT2D eigenvalue weighted by atomic mass is 35.5. The third kappa shape index (κ3) is 3.99. The summed E-state index contributed by atoms with van der Waals surface area (Å²) in [5, 5.41) is 0.571. The quantitative estimate of drug-likeness (QED) is 0.743. The number of hydrogen-bond acceptors (Lipinski definition) is 3. The summed E-state index contributed by atoms with van der Waals surface area (Å²) in [7, 11) is 0. The van der Waals surface area contributed by atoms with Gasteiger partial charge in [0, 0.05) is 5.02 Å². The van der Waals surface area contributed by atoms with E-state index in [0.717, 1.165) is 0 Å². The molecule has 0 aliphatic heterocycles. The zero-order valence-electron chi connectivity index (χ0n) is 12.0. The first kappa shape index (κ1) is 15.4. The highest BCUT2D eigenvalue weighted by Crippen LogP contribution is 2.23. The van der Waals surface area contributed by atoms with Crippen molar-refractivity contribution >= 4 is 17.4 Å². The van der Waals surface area contributed by atoms with E-state index in [9.17, 15) is 4.79 Å².